The van der Waals surface area contributed by atoms with Gasteiger partial charge >= 0.3 is 0 Å². The van der Waals surface area contributed by atoms with Crippen LogP contribution in [-0.4, -0.2) is 41.9 Å². The lowest BCUT2D eigenvalue weighted by Crippen LogP contribution is -1.84. The maximum Gasteiger partial charge on any atom is 0.209 e. The standard InChI is InChI=1S/C18H20N6S2/c1-11(2)9-25-17-19-15(21-23-17)13-5-7-14(8-6-13)16-20-18(24-22-16)26-10-12(3)4/h5-8H,1,3,9-10H2,2,4H3,(H,19,21,23)(H,20,22,24). The molecule has 0 radical (unpaired) electrons. The van der Waals surface area contributed by atoms with E-state index >= 15 is 0 Å². The molecule has 0 bridgehead atoms. The molecule has 1 aromatic carbocycles. The molecule has 0 aliphatic rings. The second-order valence-corrected chi connectivity index (χ2v) is 7.89. The molecule has 0 aliphatic carbocycles. The van der Waals surface area contributed by atoms with Gasteiger partial charge in [-0.05, 0) is 13.8 Å². The summed E-state index contributed by atoms with van der Waals surface area (Å²) in [5.74, 6) is 3.12. The van der Waals surface area contributed by atoms with E-state index < -0.39 is 0 Å². The summed E-state index contributed by atoms with van der Waals surface area (Å²) in [5.41, 5.74) is 4.14. The molecule has 0 atom stereocenters. The molecule has 134 valence electrons. The number of rotatable bonds is 8. The van der Waals surface area contributed by atoms with Gasteiger partial charge in [-0.1, -0.05) is 72.1 Å². The predicted molar refractivity (Wildman–Crippen MR) is 108 cm³/mol. The Balaban J connectivity index is 1.68. The van der Waals surface area contributed by atoms with Crippen LogP contribution in [0.15, 0.2) is 58.9 Å². The number of aromatic nitrogens is 6. The number of H-pyrrole nitrogens is 2. The van der Waals surface area contributed by atoms with Gasteiger partial charge in [0.2, 0.25) is 10.3 Å². The highest BCUT2D eigenvalue weighted by Gasteiger charge is 2.09. The van der Waals surface area contributed by atoms with E-state index in [9.17, 15) is 0 Å². The smallest absolute Gasteiger partial charge is 0.209 e. The van der Waals surface area contributed by atoms with Crippen molar-refractivity contribution in [3.05, 3.63) is 48.6 Å². The minimum Gasteiger partial charge on any atom is -0.258 e. The van der Waals surface area contributed by atoms with Crippen LogP contribution in [0, 0.1) is 0 Å². The Morgan fingerprint density at radius 3 is 1.54 bits per heavy atom. The molecule has 0 aliphatic heterocycles. The van der Waals surface area contributed by atoms with Crippen molar-refractivity contribution in [3.8, 4) is 22.8 Å². The van der Waals surface area contributed by atoms with Gasteiger partial charge in [0.25, 0.3) is 0 Å². The average Bonchev–Trinajstić information content (AvgIpc) is 3.28. The maximum atomic E-state index is 4.51. The Labute approximate surface area is 161 Å². The number of aromatic amines is 2. The summed E-state index contributed by atoms with van der Waals surface area (Å²) < 4.78 is 0. The Morgan fingerprint density at radius 1 is 0.808 bits per heavy atom. The third-order valence-electron chi connectivity index (χ3n) is 3.26. The van der Waals surface area contributed by atoms with Crippen molar-refractivity contribution in [3.63, 3.8) is 0 Å². The zero-order valence-electron chi connectivity index (χ0n) is 14.7. The van der Waals surface area contributed by atoms with Crippen LogP contribution in [0.2, 0.25) is 0 Å². The molecule has 0 spiro atoms. The SMILES string of the molecule is C=C(C)CSc1n[nH]c(-c2ccc(-c3nc(SCC(=C)C)n[nH]3)cc2)n1. The van der Waals surface area contributed by atoms with Crippen LogP contribution in [0.4, 0.5) is 0 Å². The summed E-state index contributed by atoms with van der Waals surface area (Å²) in [6, 6.07) is 7.97. The Bertz CT molecular complexity index is 835. The largest absolute Gasteiger partial charge is 0.258 e. The van der Waals surface area contributed by atoms with E-state index in [0.717, 1.165) is 55.7 Å². The van der Waals surface area contributed by atoms with Gasteiger partial charge in [-0.15, -0.1) is 10.2 Å². The molecule has 0 saturated heterocycles. The van der Waals surface area contributed by atoms with E-state index in [1.807, 2.05) is 38.1 Å². The number of hydrogen-bond acceptors (Lipinski definition) is 6. The normalized spacial score (nSPS) is 10.8. The Hall–Kier alpha value is -2.32. The van der Waals surface area contributed by atoms with Gasteiger partial charge < -0.3 is 0 Å². The summed E-state index contributed by atoms with van der Waals surface area (Å²) in [6.07, 6.45) is 0. The second-order valence-electron chi connectivity index (χ2n) is 6.00. The third-order valence-corrected chi connectivity index (χ3v) is 5.41. The van der Waals surface area contributed by atoms with Crippen molar-refractivity contribution >= 4 is 23.5 Å². The number of nitrogens with one attached hydrogen (secondary N) is 2. The first-order valence-corrected chi connectivity index (χ1v) is 9.98. The fourth-order valence-corrected chi connectivity index (χ4v) is 3.32. The molecule has 2 N–H and O–H groups in total. The van der Waals surface area contributed by atoms with E-state index in [0.29, 0.717) is 0 Å². The monoisotopic (exact) mass is 384 g/mol. The maximum absolute atomic E-state index is 4.51. The van der Waals surface area contributed by atoms with E-state index in [-0.39, 0.29) is 0 Å². The van der Waals surface area contributed by atoms with E-state index in [1.54, 1.807) is 23.5 Å². The molecule has 8 heteroatoms. The van der Waals surface area contributed by atoms with Gasteiger partial charge in [0.1, 0.15) is 0 Å². The number of nitrogens with zero attached hydrogens (tertiary/aromatic N) is 4. The summed E-state index contributed by atoms with van der Waals surface area (Å²) in [4.78, 5) is 9.02. The van der Waals surface area contributed by atoms with Crippen molar-refractivity contribution in [2.75, 3.05) is 11.5 Å². The van der Waals surface area contributed by atoms with E-state index in [4.69, 9.17) is 0 Å². The van der Waals surface area contributed by atoms with Crippen LogP contribution in [0.3, 0.4) is 0 Å². The number of hydrogen-bond donors (Lipinski definition) is 2. The molecule has 2 heterocycles. The second kappa shape index (κ2) is 8.37. The highest BCUT2D eigenvalue weighted by atomic mass is 32.2. The molecule has 0 saturated carbocycles. The van der Waals surface area contributed by atoms with Gasteiger partial charge in [0.05, 0.1) is 0 Å². The fraction of sp³-hybridized carbons (Fsp3) is 0.222. The summed E-state index contributed by atoms with van der Waals surface area (Å²) in [7, 11) is 0. The molecule has 3 aromatic rings. The van der Waals surface area contributed by atoms with Gasteiger partial charge in [0, 0.05) is 22.6 Å². The molecule has 2 aromatic heterocycles. The van der Waals surface area contributed by atoms with Crippen molar-refractivity contribution in [2.24, 2.45) is 0 Å². The lowest BCUT2D eigenvalue weighted by Gasteiger charge is -1.99. The lowest BCUT2D eigenvalue weighted by atomic mass is 10.1. The number of thioether (sulfide) groups is 2. The average molecular weight is 385 g/mol. The molecule has 3 rings (SSSR count). The van der Waals surface area contributed by atoms with Crippen LogP contribution >= 0.6 is 23.5 Å². The van der Waals surface area contributed by atoms with E-state index in [2.05, 4.69) is 43.5 Å². The van der Waals surface area contributed by atoms with Gasteiger partial charge in [-0.2, -0.15) is 0 Å². The topological polar surface area (TPSA) is 83.1 Å². The van der Waals surface area contributed by atoms with Crippen LogP contribution in [0.25, 0.3) is 22.8 Å². The molecular weight excluding hydrogens is 364 g/mol. The molecule has 0 unspecified atom stereocenters. The summed E-state index contributed by atoms with van der Waals surface area (Å²) >= 11 is 3.14. The Morgan fingerprint density at radius 2 is 1.19 bits per heavy atom. The predicted octanol–water partition coefficient (Wildman–Crippen LogP) is 4.59. The van der Waals surface area contributed by atoms with Crippen molar-refractivity contribution < 1.29 is 0 Å². The quantitative estimate of drug-likeness (QED) is 0.436. The number of benzene rings is 1. The van der Waals surface area contributed by atoms with Crippen molar-refractivity contribution in [1.82, 2.24) is 30.4 Å². The molecule has 0 fully saturated rings. The van der Waals surface area contributed by atoms with Crippen LogP contribution in [0.1, 0.15) is 13.8 Å². The minimum absolute atomic E-state index is 0.724. The van der Waals surface area contributed by atoms with Gasteiger partial charge in [-0.25, -0.2) is 9.97 Å². The molecule has 0 amide bonds. The first kappa shape index (κ1) is 18.5. The highest BCUT2D eigenvalue weighted by Crippen LogP contribution is 2.24. The summed E-state index contributed by atoms with van der Waals surface area (Å²) in [6.45, 7) is 11.8. The molecular formula is C18H20N6S2. The summed E-state index contributed by atoms with van der Waals surface area (Å²) in [5, 5.41) is 15.9. The first-order chi connectivity index (χ1) is 12.5. The van der Waals surface area contributed by atoms with Crippen LogP contribution in [0.5, 0.6) is 0 Å². The Kier molecular flexibility index (Phi) is 5.95. The minimum atomic E-state index is 0.724. The van der Waals surface area contributed by atoms with Gasteiger partial charge in [-0.3, -0.25) is 10.2 Å². The van der Waals surface area contributed by atoms with Crippen molar-refractivity contribution in [1.29, 1.82) is 0 Å². The van der Waals surface area contributed by atoms with Gasteiger partial charge in [0.15, 0.2) is 11.6 Å². The zero-order chi connectivity index (χ0) is 18.5. The van der Waals surface area contributed by atoms with Crippen LogP contribution < -0.4 is 0 Å². The van der Waals surface area contributed by atoms with Crippen molar-refractivity contribution in [2.45, 2.75) is 24.2 Å². The fourth-order valence-electron chi connectivity index (χ4n) is 2.04. The molecule has 6 nitrogen and oxygen atoms in total. The third kappa shape index (κ3) is 4.86. The highest BCUT2D eigenvalue weighted by molar-refractivity contribution is 7.99. The lowest BCUT2D eigenvalue weighted by molar-refractivity contribution is 0.974. The first-order valence-electron chi connectivity index (χ1n) is 8.01. The van der Waals surface area contributed by atoms with E-state index in [1.165, 1.54) is 0 Å². The molecule has 26 heavy (non-hydrogen) atoms. The zero-order valence-corrected chi connectivity index (χ0v) is 16.4. The van der Waals surface area contributed by atoms with Crippen LogP contribution in [-0.2, 0) is 0 Å².